The summed E-state index contributed by atoms with van der Waals surface area (Å²) in [5, 5.41) is 31.4. The van der Waals surface area contributed by atoms with E-state index in [0.717, 1.165) is 13.4 Å². The summed E-state index contributed by atoms with van der Waals surface area (Å²) >= 11 is 0. The van der Waals surface area contributed by atoms with Crippen molar-refractivity contribution in [2.45, 2.75) is 31.0 Å². The van der Waals surface area contributed by atoms with Crippen molar-refractivity contribution in [3.05, 3.63) is 47.7 Å². The molecule has 3 rings (SSSR count). The lowest BCUT2D eigenvalue weighted by atomic mass is 9.81. The van der Waals surface area contributed by atoms with Crippen LogP contribution in [0.4, 0.5) is 0 Å². The molecule has 0 spiro atoms. The molecule has 6 atom stereocenters. The van der Waals surface area contributed by atoms with E-state index in [1.54, 1.807) is 18.2 Å². The molecule has 1 aromatic carbocycles. The lowest BCUT2D eigenvalue weighted by Gasteiger charge is -2.36. The van der Waals surface area contributed by atoms with E-state index < -0.39 is 47.9 Å². The van der Waals surface area contributed by atoms with Crippen LogP contribution in [0, 0.1) is 11.8 Å². The molecule has 0 radical (unpaired) electrons. The zero-order chi connectivity index (χ0) is 19.1. The van der Waals surface area contributed by atoms with Gasteiger partial charge in [0, 0.05) is 5.92 Å². The van der Waals surface area contributed by atoms with Gasteiger partial charge in [0.1, 0.15) is 17.8 Å². The summed E-state index contributed by atoms with van der Waals surface area (Å²) in [4.78, 5) is 24.5. The van der Waals surface area contributed by atoms with Crippen molar-refractivity contribution < 1.29 is 39.1 Å². The number of ether oxygens (including phenoxy) is 3. The number of carbonyl (C=O) groups excluding carboxylic acids is 2. The first-order valence-electron chi connectivity index (χ1n) is 8.07. The first kappa shape index (κ1) is 18.4. The molecule has 3 N–H and O–H groups in total. The lowest BCUT2D eigenvalue weighted by Crippen LogP contribution is -2.48. The van der Waals surface area contributed by atoms with Crippen LogP contribution in [0.1, 0.15) is 17.3 Å². The smallest absolute Gasteiger partial charge is 0.338 e. The number of fused-ring (bicyclic) bond motifs is 1. The minimum absolute atomic E-state index is 0.0366. The van der Waals surface area contributed by atoms with Crippen molar-refractivity contribution in [1.82, 2.24) is 0 Å². The Bertz CT molecular complexity index is 726. The maximum absolute atomic E-state index is 12.4. The normalized spacial score (nSPS) is 35.7. The molecule has 8 nitrogen and oxygen atoms in total. The molecule has 0 aromatic heterocycles. The SMILES string of the molecule is COC(=O)C1=COC(O)[C@H]2[C@@H]1[C@H](OC(=O)c1ccccc1)[C@H](O)[C@]2(C)O. The third-order valence-electron chi connectivity index (χ3n) is 5.00. The maximum Gasteiger partial charge on any atom is 0.338 e. The Morgan fingerprint density at radius 3 is 2.42 bits per heavy atom. The second-order valence-electron chi connectivity index (χ2n) is 6.55. The molecule has 1 aliphatic carbocycles. The molecule has 26 heavy (non-hydrogen) atoms. The Kier molecular flexibility index (Phi) is 4.74. The number of esters is 2. The Labute approximate surface area is 149 Å². The molecular formula is C18H20O8. The molecule has 0 bridgehead atoms. The van der Waals surface area contributed by atoms with Crippen molar-refractivity contribution in [3.63, 3.8) is 0 Å². The largest absolute Gasteiger partial charge is 0.472 e. The van der Waals surface area contributed by atoms with Crippen molar-refractivity contribution >= 4 is 11.9 Å². The number of benzene rings is 1. The first-order chi connectivity index (χ1) is 12.3. The zero-order valence-electron chi connectivity index (χ0n) is 14.2. The van der Waals surface area contributed by atoms with E-state index in [1.165, 1.54) is 19.1 Å². The summed E-state index contributed by atoms with van der Waals surface area (Å²) in [6, 6.07) is 8.11. The van der Waals surface area contributed by atoms with E-state index in [2.05, 4.69) is 0 Å². The van der Waals surface area contributed by atoms with Crippen LogP contribution in [0.15, 0.2) is 42.2 Å². The molecule has 1 fully saturated rings. The highest BCUT2D eigenvalue weighted by molar-refractivity contribution is 5.91. The van der Waals surface area contributed by atoms with Gasteiger partial charge in [0.25, 0.3) is 0 Å². The van der Waals surface area contributed by atoms with Gasteiger partial charge >= 0.3 is 11.9 Å². The molecule has 1 aromatic rings. The monoisotopic (exact) mass is 364 g/mol. The highest BCUT2D eigenvalue weighted by Crippen LogP contribution is 2.49. The topological polar surface area (TPSA) is 123 Å². The van der Waals surface area contributed by atoms with Gasteiger partial charge in [0.2, 0.25) is 6.29 Å². The summed E-state index contributed by atoms with van der Waals surface area (Å²) in [6.07, 6.45) is -3.30. The predicted octanol–water partition coefficient (Wildman–Crippen LogP) is -0.0246. The second-order valence-corrected chi connectivity index (χ2v) is 6.55. The van der Waals surface area contributed by atoms with Gasteiger partial charge in [-0.25, -0.2) is 9.59 Å². The molecule has 1 unspecified atom stereocenters. The predicted molar refractivity (Wildman–Crippen MR) is 86.4 cm³/mol. The van der Waals surface area contributed by atoms with Crippen LogP contribution in [0.5, 0.6) is 0 Å². The number of methoxy groups -OCH3 is 1. The second kappa shape index (κ2) is 6.71. The van der Waals surface area contributed by atoms with Crippen molar-refractivity contribution in [3.8, 4) is 0 Å². The molecule has 1 saturated carbocycles. The van der Waals surface area contributed by atoms with Crippen LogP contribution in [0.25, 0.3) is 0 Å². The van der Waals surface area contributed by atoms with Crippen LogP contribution in [-0.2, 0) is 19.0 Å². The van der Waals surface area contributed by atoms with E-state index in [1.807, 2.05) is 0 Å². The first-order valence-corrected chi connectivity index (χ1v) is 8.07. The number of aliphatic hydroxyl groups excluding tert-OH is 2. The van der Waals surface area contributed by atoms with Gasteiger partial charge in [-0.15, -0.1) is 0 Å². The highest BCUT2D eigenvalue weighted by Gasteiger charge is 2.64. The molecule has 1 aliphatic heterocycles. The summed E-state index contributed by atoms with van der Waals surface area (Å²) in [6.45, 7) is 1.29. The molecule has 2 aliphatic rings. The fraction of sp³-hybridized carbons (Fsp3) is 0.444. The van der Waals surface area contributed by atoms with Gasteiger partial charge in [-0.05, 0) is 19.1 Å². The maximum atomic E-state index is 12.4. The van der Waals surface area contributed by atoms with E-state index in [-0.39, 0.29) is 11.1 Å². The van der Waals surface area contributed by atoms with Gasteiger partial charge in [0.05, 0.1) is 30.4 Å². The lowest BCUT2D eigenvalue weighted by molar-refractivity contribution is -0.179. The number of carbonyl (C=O) groups is 2. The molecule has 8 heteroatoms. The Morgan fingerprint density at radius 2 is 1.81 bits per heavy atom. The fourth-order valence-corrected chi connectivity index (χ4v) is 3.64. The van der Waals surface area contributed by atoms with Gasteiger partial charge in [-0.1, -0.05) is 18.2 Å². The van der Waals surface area contributed by atoms with Crippen LogP contribution in [0.2, 0.25) is 0 Å². The Hall–Kier alpha value is -2.42. The van der Waals surface area contributed by atoms with Gasteiger partial charge in [0.15, 0.2) is 0 Å². The minimum atomic E-state index is -1.86. The van der Waals surface area contributed by atoms with Crippen LogP contribution in [-0.4, -0.2) is 58.5 Å². The van der Waals surface area contributed by atoms with Gasteiger partial charge in [-0.2, -0.15) is 0 Å². The van der Waals surface area contributed by atoms with Crippen LogP contribution in [0.3, 0.4) is 0 Å². The molecule has 0 saturated heterocycles. The molecule has 140 valence electrons. The molecule has 1 heterocycles. The average Bonchev–Trinajstić information content (AvgIpc) is 2.83. The van der Waals surface area contributed by atoms with E-state index in [9.17, 15) is 24.9 Å². The van der Waals surface area contributed by atoms with Crippen molar-refractivity contribution in [2.75, 3.05) is 7.11 Å². The number of rotatable bonds is 3. The number of hydrogen-bond acceptors (Lipinski definition) is 8. The fourth-order valence-electron chi connectivity index (χ4n) is 3.64. The zero-order valence-corrected chi connectivity index (χ0v) is 14.2. The average molecular weight is 364 g/mol. The van der Waals surface area contributed by atoms with E-state index >= 15 is 0 Å². The van der Waals surface area contributed by atoms with Crippen molar-refractivity contribution in [1.29, 1.82) is 0 Å². The highest BCUT2D eigenvalue weighted by atomic mass is 16.6. The standard InChI is InChI=1S/C18H20O8/c1-18(23)12-11(10(16(21)24-2)8-25-17(12)22)13(14(18)19)26-15(20)9-6-4-3-5-7-9/h3-8,11-14,17,19,22-23H,1-2H3/t11-,12-,13+,14+,17?,18-/m1/s1. The Balaban J connectivity index is 1.97. The summed E-state index contributed by atoms with van der Waals surface area (Å²) in [5.74, 6) is -3.58. The quantitative estimate of drug-likeness (QED) is 0.640. The summed E-state index contributed by atoms with van der Waals surface area (Å²) in [5.41, 5.74) is -1.65. The molecule has 0 amide bonds. The summed E-state index contributed by atoms with van der Waals surface area (Å²) < 4.78 is 15.2. The van der Waals surface area contributed by atoms with Crippen LogP contribution < -0.4 is 0 Å². The van der Waals surface area contributed by atoms with Crippen LogP contribution >= 0.6 is 0 Å². The van der Waals surface area contributed by atoms with Gasteiger partial charge < -0.3 is 29.5 Å². The minimum Gasteiger partial charge on any atom is -0.472 e. The summed E-state index contributed by atoms with van der Waals surface area (Å²) in [7, 11) is 1.16. The Morgan fingerprint density at radius 1 is 1.15 bits per heavy atom. The number of hydrogen-bond donors (Lipinski definition) is 3. The number of aliphatic hydroxyl groups is 3. The van der Waals surface area contributed by atoms with E-state index in [0.29, 0.717) is 0 Å². The third kappa shape index (κ3) is 2.86. The van der Waals surface area contributed by atoms with Crippen molar-refractivity contribution in [2.24, 2.45) is 11.8 Å². The van der Waals surface area contributed by atoms with E-state index in [4.69, 9.17) is 14.2 Å². The molecular weight excluding hydrogens is 344 g/mol. The van der Waals surface area contributed by atoms with Gasteiger partial charge in [-0.3, -0.25) is 0 Å². The third-order valence-corrected chi connectivity index (χ3v) is 5.00.